The summed E-state index contributed by atoms with van der Waals surface area (Å²) in [6.07, 6.45) is 2.11. The molecule has 1 aliphatic rings. The molecule has 0 saturated heterocycles. The summed E-state index contributed by atoms with van der Waals surface area (Å²) in [4.78, 5) is 14.0. The van der Waals surface area contributed by atoms with E-state index in [1.165, 1.54) is 5.56 Å². The van der Waals surface area contributed by atoms with Crippen LogP contribution in [0.2, 0.25) is 0 Å². The number of carbonyl (C=O) groups is 1. The van der Waals surface area contributed by atoms with Crippen LogP contribution in [-0.4, -0.2) is 31.1 Å². The minimum absolute atomic E-state index is 0.274. The van der Waals surface area contributed by atoms with Gasteiger partial charge in [0, 0.05) is 26.1 Å². The third-order valence-electron chi connectivity index (χ3n) is 3.02. The third-order valence-corrected chi connectivity index (χ3v) is 3.02. The SMILES string of the molecule is COCCN(Cc1ccccc1)C(=O)C1CC1. The van der Waals surface area contributed by atoms with E-state index in [1.54, 1.807) is 7.11 Å². The average Bonchev–Trinajstić information content (AvgIpc) is 3.19. The molecule has 0 N–H and O–H groups in total. The molecule has 1 aromatic rings. The lowest BCUT2D eigenvalue weighted by atomic mass is 10.2. The minimum Gasteiger partial charge on any atom is -0.383 e. The van der Waals surface area contributed by atoms with Gasteiger partial charge in [0.25, 0.3) is 0 Å². The quantitative estimate of drug-likeness (QED) is 0.752. The van der Waals surface area contributed by atoms with Gasteiger partial charge in [0.05, 0.1) is 6.61 Å². The van der Waals surface area contributed by atoms with E-state index in [1.807, 2.05) is 23.1 Å². The standard InChI is InChI=1S/C14H19NO2/c1-17-10-9-15(14(16)13-7-8-13)11-12-5-3-2-4-6-12/h2-6,13H,7-11H2,1H3. The van der Waals surface area contributed by atoms with Crippen molar-refractivity contribution < 1.29 is 9.53 Å². The molecule has 0 radical (unpaired) electrons. The molecule has 17 heavy (non-hydrogen) atoms. The van der Waals surface area contributed by atoms with Crippen LogP contribution in [0.4, 0.5) is 0 Å². The predicted molar refractivity (Wildman–Crippen MR) is 66.5 cm³/mol. The number of rotatable bonds is 6. The molecule has 1 amide bonds. The topological polar surface area (TPSA) is 29.5 Å². The zero-order valence-corrected chi connectivity index (χ0v) is 10.3. The number of ether oxygens (including phenoxy) is 1. The monoisotopic (exact) mass is 233 g/mol. The van der Waals surface area contributed by atoms with E-state index in [-0.39, 0.29) is 11.8 Å². The maximum atomic E-state index is 12.1. The van der Waals surface area contributed by atoms with Crippen LogP contribution in [0.1, 0.15) is 18.4 Å². The Labute approximate surface area is 102 Å². The van der Waals surface area contributed by atoms with Gasteiger partial charge in [-0.2, -0.15) is 0 Å². The number of benzene rings is 1. The highest BCUT2D eigenvalue weighted by Crippen LogP contribution is 2.31. The van der Waals surface area contributed by atoms with Crippen molar-refractivity contribution >= 4 is 5.91 Å². The van der Waals surface area contributed by atoms with Crippen molar-refractivity contribution in [3.8, 4) is 0 Å². The Morgan fingerprint density at radius 3 is 2.65 bits per heavy atom. The summed E-state index contributed by atoms with van der Waals surface area (Å²) in [5.74, 6) is 0.557. The molecule has 92 valence electrons. The largest absolute Gasteiger partial charge is 0.383 e. The van der Waals surface area contributed by atoms with Gasteiger partial charge in [-0.3, -0.25) is 4.79 Å². The van der Waals surface area contributed by atoms with E-state index in [2.05, 4.69) is 12.1 Å². The molecule has 2 rings (SSSR count). The molecule has 0 spiro atoms. The van der Waals surface area contributed by atoms with Crippen molar-refractivity contribution in [2.45, 2.75) is 19.4 Å². The second kappa shape index (κ2) is 5.82. The summed E-state index contributed by atoms with van der Waals surface area (Å²) in [6, 6.07) is 10.1. The molecular weight excluding hydrogens is 214 g/mol. The van der Waals surface area contributed by atoms with Crippen LogP contribution in [0.3, 0.4) is 0 Å². The average molecular weight is 233 g/mol. The zero-order chi connectivity index (χ0) is 12.1. The Morgan fingerprint density at radius 2 is 2.06 bits per heavy atom. The summed E-state index contributed by atoms with van der Waals surface area (Å²) < 4.78 is 5.07. The van der Waals surface area contributed by atoms with Gasteiger partial charge in [-0.1, -0.05) is 30.3 Å². The molecule has 1 fully saturated rings. The highest BCUT2D eigenvalue weighted by molar-refractivity contribution is 5.81. The van der Waals surface area contributed by atoms with Gasteiger partial charge < -0.3 is 9.64 Å². The van der Waals surface area contributed by atoms with E-state index in [0.717, 1.165) is 12.8 Å². The minimum atomic E-state index is 0.274. The molecule has 1 aliphatic carbocycles. The number of hydrogen-bond acceptors (Lipinski definition) is 2. The first kappa shape index (κ1) is 12.1. The molecule has 0 aliphatic heterocycles. The van der Waals surface area contributed by atoms with Gasteiger partial charge in [0.1, 0.15) is 0 Å². The molecule has 3 heteroatoms. The zero-order valence-electron chi connectivity index (χ0n) is 10.3. The predicted octanol–water partition coefficient (Wildman–Crippen LogP) is 2.07. The molecule has 1 aromatic carbocycles. The van der Waals surface area contributed by atoms with Gasteiger partial charge >= 0.3 is 0 Å². The fraction of sp³-hybridized carbons (Fsp3) is 0.500. The first-order valence-electron chi connectivity index (χ1n) is 6.13. The van der Waals surface area contributed by atoms with Crippen molar-refractivity contribution in [3.05, 3.63) is 35.9 Å². The van der Waals surface area contributed by atoms with Gasteiger partial charge in [-0.05, 0) is 18.4 Å². The molecule has 0 heterocycles. The molecule has 1 saturated carbocycles. The van der Waals surface area contributed by atoms with Crippen LogP contribution in [-0.2, 0) is 16.1 Å². The second-order valence-corrected chi connectivity index (χ2v) is 4.51. The number of hydrogen-bond donors (Lipinski definition) is 0. The lowest BCUT2D eigenvalue weighted by Gasteiger charge is -2.22. The van der Waals surface area contributed by atoms with Crippen LogP contribution in [0.5, 0.6) is 0 Å². The summed E-state index contributed by atoms with van der Waals surface area (Å²) in [5, 5.41) is 0. The highest BCUT2D eigenvalue weighted by Gasteiger charge is 2.33. The van der Waals surface area contributed by atoms with Crippen LogP contribution in [0.15, 0.2) is 30.3 Å². The highest BCUT2D eigenvalue weighted by atomic mass is 16.5. The maximum absolute atomic E-state index is 12.1. The van der Waals surface area contributed by atoms with Crippen molar-refractivity contribution in [2.24, 2.45) is 5.92 Å². The second-order valence-electron chi connectivity index (χ2n) is 4.51. The van der Waals surface area contributed by atoms with Gasteiger partial charge in [0.15, 0.2) is 0 Å². The maximum Gasteiger partial charge on any atom is 0.226 e. The van der Waals surface area contributed by atoms with Crippen LogP contribution in [0.25, 0.3) is 0 Å². The lowest BCUT2D eigenvalue weighted by Crippen LogP contribution is -2.34. The van der Waals surface area contributed by atoms with Crippen molar-refractivity contribution in [2.75, 3.05) is 20.3 Å². The number of methoxy groups -OCH3 is 1. The fourth-order valence-electron chi connectivity index (χ4n) is 1.86. The van der Waals surface area contributed by atoms with Crippen molar-refractivity contribution in [1.82, 2.24) is 4.90 Å². The Hall–Kier alpha value is -1.35. The van der Waals surface area contributed by atoms with Crippen molar-refractivity contribution in [1.29, 1.82) is 0 Å². The van der Waals surface area contributed by atoms with E-state index >= 15 is 0 Å². The van der Waals surface area contributed by atoms with Gasteiger partial charge in [0.2, 0.25) is 5.91 Å². The van der Waals surface area contributed by atoms with E-state index < -0.39 is 0 Å². The fourth-order valence-corrected chi connectivity index (χ4v) is 1.86. The Kier molecular flexibility index (Phi) is 4.15. The summed E-state index contributed by atoms with van der Waals surface area (Å²) in [5.41, 5.74) is 1.18. The van der Waals surface area contributed by atoms with Crippen molar-refractivity contribution in [3.63, 3.8) is 0 Å². The molecule has 0 unspecified atom stereocenters. The summed E-state index contributed by atoms with van der Waals surface area (Å²) in [6.45, 7) is 1.98. The van der Waals surface area contributed by atoms with Gasteiger partial charge in [-0.25, -0.2) is 0 Å². The van der Waals surface area contributed by atoms with Crippen LogP contribution >= 0.6 is 0 Å². The number of amides is 1. The van der Waals surface area contributed by atoms with E-state index in [4.69, 9.17) is 4.74 Å². The first-order chi connectivity index (χ1) is 8.31. The molecule has 0 bridgehead atoms. The molecule has 3 nitrogen and oxygen atoms in total. The lowest BCUT2D eigenvalue weighted by molar-refractivity contribution is -0.133. The van der Waals surface area contributed by atoms with E-state index in [0.29, 0.717) is 19.7 Å². The smallest absolute Gasteiger partial charge is 0.226 e. The molecule has 0 aromatic heterocycles. The van der Waals surface area contributed by atoms with Gasteiger partial charge in [-0.15, -0.1) is 0 Å². The summed E-state index contributed by atoms with van der Waals surface area (Å²) in [7, 11) is 1.67. The third kappa shape index (κ3) is 3.56. The number of carbonyl (C=O) groups excluding carboxylic acids is 1. The van der Waals surface area contributed by atoms with Crippen LogP contribution < -0.4 is 0 Å². The summed E-state index contributed by atoms with van der Waals surface area (Å²) >= 11 is 0. The Morgan fingerprint density at radius 1 is 1.35 bits per heavy atom. The Bertz CT molecular complexity index is 360. The Balaban J connectivity index is 1.97. The molecule has 0 atom stereocenters. The molecular formula is C14H19NO2. The normalized spacial score (nSPS) is 14.6. The van der Waals surface area contributed by atoms with E-state index in [9.17, 15) is 4.79 Å². The number of nitrogens with zero attached hydrogens (tertiary/aromatic N) is 1. The first-order valence-corrected chi connectivity index (χ1v) is 6.13. The van der Waals surface area contributed by atoms with Crippen LogP contribution in [0, 0.1) is 5.92 Å².